The number of ether oxygens (including phenoxy) is 2. The van der Waals surface area contributed by atoms with Gasteiger partial charge in [-0.25, -0.2) is 4.39 Å². The third-order valence-corrected chi connectivity index (χ3v) is 5.01. The van der Waals surface area contributed by atoms with Crippen LogP contribution in [0.1, 0.15) is 22.7 Å². The molecular formula is C23H27FN2O3. The third-order valence-electron chi connectivity index (χ3n) is 5.01. The molecule has 1 heterocycles. The Balaban J connectivity index is 1.67. The van der Waals surface area contributed by atoms with Crippen molar-refractivity contribution in [2.75, 3.05) is 40.0 Å². The van der Waals surface area contributed by atoms with E-state index in [0.29, 0.717) is 19.8 Å². The summed E-state index contributed by atoms with van der Waals surface area (Å²) in [6.07, 6.45) is 3.27. The van der Waals surface area contributed by atoms with Gasteiger partial charge in [-0.3, -0.25) is 9.69 Å². The number of hydrogen-bond donors (Lipinski definition) is 1. The van der Waals surface area contributed by atoms with Crippen LogP contribution in [0.5, 0.6) is 5.75 Å². The molecule has 154 valence electrons. The molecule has 0 aliphatic carbocycles. The molecule has 1 aliphatic rings. The van der Waals surface area contributed by atoms with Crippen LogP contribution in [-0.4, -0.2) is 50.8 Å². The first kappa shape index (κ1) is 21.0. The van der Waals surface area contributed by atoms with Crippen LogP contribution >= 0.6 is 0 Å². The van der Waals surface area contributed by atoms with E-state index in [1.54, 1.807) is 25.3 Å². The molecule has 1 amide bonds. The number of benzene rings is 2. The van der Waals surface area contributed by atoms with E-state index >= 15 is 0 Å². The number of nitrogens with one attached hydrogen (secondary N) is 1. The van der Waals surface area contributed by atoms with Crippen molar-refractivity contribution in [2.24, 2.45) is 0 Å². The zero-order chi connectivity index (χ0) is 20.6. The van der Waals surface area contributed by atoms with E-state index in [-0.39, 0.29) is 17.8 Å². The van der Waals surface area contributed by atoms with Crippen molar-refractivity contribution in [3.05, 3.63) is 71.0 Å². The average Bonchev–Trinajstić information content (AvgIpc) is 2.74. The SMILES string of the molecule is COc1ccc(C)cc1/C=C/C(=O)NCC(c1ccc(F)cc1)N1CCOCC1. The number of methoxy groups -OCH3 is 1. The Morgan fingerprint density at radius 1 is 1.24 bits per heavy atom. The molecule has 1 unspecified atom stereocenters. The standard InChI is InChI=1S/C23H27FN2O3/c1-17-3-9-22(28-2)19(15-17)6-10-23(27)25-16-21(26-11-13-29-14-12-26)18-4-7-20(24)8-5-18/h3-10,15,21H,11-14,16H2,1-2H3,(H,25,27)/b10-6+. The van der Waals surface area contributed by atoms with Gasteiger partial charge in [0.1, 0.15) is 11.6 Å². The summed E-state index contributed by atoms with van der Waals surface area (Å²) in [7, 11) is 1.61. The van der Waals surface area contributed by atoms with Crippen LogP contribution in [0.25, 0.3) is 6.08 Å². The number of carbonyl (C=O) groups is 1. The topological polar surface area (TPSA) is 50.8 Å². The number of nitrogens with zero attached hydrogens (tertiary/aromatic N) is 1. The van der Waals surface area contributed by atoms with Crippen molar-refractivity contribution in [2.45, 2.75) is 13.0 Å². The molecule has 1 atom stereocenters. The number of halogens is 1. The number of rotatable bonds is 7. The van der Waals surface area contributed by atoms with Gasteiger partial charge in [0.15, 0.2) is 0 Å². The van der Waals surface area contributed by atoms with Crippen molar-refractivity contribution in [1.29, 1.82) is 0 Å². The van der Waals surface area contributed by atoms with Gasteiger partial charge >= 0.3 is 0 Å². The van der Waals surface area contributed by atoms with Crippen LogP contribution in [0.15, 0.2) is 48.5 Å². The first-order valence-corrected chi connectivity index (χ1v) is 9.74. The fourth-order valence-corrected chi connectivity index (χ4v) is 3.44. The van der Waals surface area contributed by atoms with Gasteiger partial charge in [-0.15, -0.1) is 0 Å². The maximum Gasteiger partial charge on any atom is 0.244 e. The van der Waals surface area contributed by atoms with E-state index in [1.807, 2.05) is 25.1 Å². The molecule has 5 nitrogen and oxygen atoms in total. The van der Waals surface area contributed by atoms with Gasteiger partial charge in [0.25, 0.3) is 0 Å². The van der Waals surface area contributed by atoms with E-state index in [0.717, 1.165) is 35.5 Å². The Hall–Kier alpha value is -2.70. The van der Waals surface area contributed by atoms with Gasteiger partial charge in [0.2, 0.25) is 5.91 Å². The van der Waals surface area contributed by atoms with Crippen LogP contribution < -0.4 is 10.1 Å². The lowest BCUT2D eigenvalue weighted by atomic mass is 10.0. The molecule has 1 saturated heterocycles. The molecule has 2 aromatic rings. The fourth-order valence-electron chi connectivity index (χ4n) is 3.44. The summed E-state index contributed by atoms with van der Waals surface area (Å²) in [6, 6.07) is 12.2. The smallest absolute Gasteiger partial charge is 0.244 e. The minimum atomic E-state index is -0.270. The largest absolute Gasteiger partial charge is 0.496 e. The number of aryl methyl sites for hydroxylation is 1. The van der Waals surface area contributed by atoms with Gasteiger partial charge < -0.3 is 14.8 Å². The maximum absolute atomic E-state index is 13.3. The van der Waals surface area contributed by atoms with Crippen molar-refractivity contribution >= 4 is 12.0 Å². The van der Waals surface area contributed by atoms with Crippen LogP contribution in [0.4, 0.5) is 4.39 Å². The van der Waals surface area contributed by atoms with Crippen molar-refractivity contribution in [1.82, 2.24) is 10.2 Å². The molecule has 1 N–H and O–H groups in total. The van der Waals surface area contributed by atoms with E-state index in [1.165, 1.54) is 18.2 Å². The Labute approximate surface area is 171 Å². The highest BCUT2D eigenvalue weighted by molar-refractivity contribution is 5.92. The Kier molecular flexibility index (Phi) is 7.38. The van der Waals surface area contributed by atoms with Crippen molar-refractivity contribution < 1.29 is 18.7 Å². The first-order chi connectivity index (χ1) is 14.1. The first-order valence-electron chi connectivity index (χ1n) is 9.74. The summed E-state index contributed by atoms with van der Waals surface area (Å²) in [4.78, 5) is 14.7. The van der Waals surface area contributed by atoms with Crippen LogP contribution in [0.2, 0.25) is 0 Å². The highest BCUT2D eigenvalue weighted by Crippen LogP contribution is 2.22. The quantitative estimate of drug-likeness (QED) is 0.727. The van der Waals surface area contributed by atoms with Gasteiger partial charge in [-0.1, -0.05) is 23.8 Å². The van der Waals surface area contributed by atoms with E-state index in [4.69, 9.17) is 9.47 Å². The Morgan fingerprint density at radius 2 is 1.97 bits per heavy atom. The summed E-state index contributed by atoms with van der Waals surface area (Å²) < 4.78 is 24.1. The molecule has 2 aromatic carbocycles. The molecule has 0 bridgehead atoms. The number of carbonyl (C=O) groups excluding carboxylic acids is 1. The van der Waals surface area contributed by atoms with Crippen molar-refractivity contribution in [3.8, 4) is 5.75 Å². The number of morpholine rings is 1. The zero-order valence-corrected chi connectivity index (χ0v) is 16.9. The van der Waals surface area contributed by atoms with Gasteiger partial charge in [-0.05, 0) is 42.8 Å². The van der Waals surface area contributed by atoms with E-state index in [2.05, 4.69) is 10.2 Å². The fraction of sp³-hybridized carbons (Fsp3) is 0.348. The average molecular weight is 398 g/mol. The summed E-state index contributed by atoms with van der Waals surface area (Å²) in [6.45, 7) is 5.27. The highest BCUT2D eigenvalue weighted by atomic mass is 19.1. The lowest BCUT2D eigenvalue weighted by molar-refractivity contribution is -0.116. The monoisotopic (exact) mass is 398 g/mol. The molecule has 1 aliphatic heterocycles. The molecule has 1 fully saturated rings. The Morgan fingerprint density at radius 3 is 2.66 bits per heavy atom. The minimum Gasteiger partial charge on any atom is -0.496 e. The summed E-state index contributed by atoms with van der Waals surface area (Å²) in [5, 5.41) is 2.97. The predicted octanol–water partition coefficient (Wildman–Crippen LogP) is 3.35. The number of amides is 1. The summed E-state index contributed by atoms with van der Waals surface area (Å²) in [5.74, 6) is 0.264. The molecule has 0 spiro atoms. The van der Waals surface area contributed by atoms with Gasteiger partial charge in [-0.2, -0.15) is 0 Å². The lowest BCUT2D eigenvalue weighted by Crippen LogP contribution is -2.43. The molecule has 0 radical (unpaired) electrons. The number of hydrogen-bond acceptors (Lipinski definition) is 4. The van der Waals surface area contributed by atoms with Crippen LogP contribution in [-0.2, 0) is 9.53 Å². The van der Waals surface area contributed by atoms with Crippen LogP contribution in [0.3, 0.4) is 0 Å². The Bertz CT molecular complexity index is 846. The van der Waals surface area contributed by atoms with Gasteiger partial charge in [0.05, 0.1) is 26.4 Å². The lowest BCUT2D eigenvalue weighted by Gasteiger charge is -2.34. The van der Waals surface area contributed by atoms with E-state index in [9.17, 15) is 9.18 Å². The van der Waals surface area contributed by atoms with E-state index < -0.39 is 0 Å². The normalized spacial score (nSPS) is 16.0. The molecule has 29 heavy (non-hydrogen) atoms. The molecule has 0 saturated carbocycles. The predicted molar refractivity (Wildman–Crippen MR) is 111 cm³/mol. The second kappa shape index (κ2) is 10.2. The molecule has 0 aromatic heterocycles. The molecule has 6 heteroatoms. The molecule has 3 rings (SSSR count). The second-order valence-corrected chi connectivity index (χ2v) is 7.04. The second-order valence-electron chi connectivity index (χ2n) is 7.04. The van der Waals surface area contributed by atoms with Gasteiger partial charge in [0, 0.05) is 31.3 Å². The highest BCUT2D eigenvalue weighted by Gasteiger charge is 2.23. The minimum absolute atomic E-state index is 0.0367. The summed E-state index contributed by atoms with van der Waals surface area (Å²) >= 11 is 0. The summed E-state index contributed by atoms with van der Waals surface area (Å²) in [5.41, 5.74) is 2.92. The zero-order valence-electron chi connectivity index (χ0n) is 16.9. The third kappa shape index (κ3) is 5.89. The maximum atomic E-state index is 13.3. The van der Waals surface area contributed by atoms with Crippen LogP contribution in [0, 0.1) is 12.7 Å². The van der Waals surface area contributed by atoms with Crippen molar-refractivity contribution in [3.63, 3.8) is 0 Å². The molecular weight excluding hydrogens is 371 g/mol.